The Hall–Kier alpha value is -3.23. The van der Waals surface area contributed by atoms with Gasteiger partial charge in [0.05, 0.1) is 18.2 Å². The largest absolute Gasteiger partial charge is 0.468 e. The van der Waals surface area contributed by atoms with Crippen molar-refractivity contribution in [3.05, 3.63) is 35.4 Å². The van der Waals surface area contributed by atoms with Crippen LogP contribution in [-0.4, -0.2) is 72.8 Å². The Morgan fingerprint density at radius 3 is 2.10 bits per heavy atom. The second-order valence-electron chi connectivity index (χ2n) is 7.10. The Morgan fingerprint density at radius 1 is 1.07 bits per heavy atom. The molecule has 0 saturated carbocycles. The molecule has 0 unspecified atom stereocenters. The summed E-state index contributed by atoms with van der Waals surface area (Å²) in [5.74, 6) is -3.24. The standard InChI is InChI=1S/C20H24N2O7/c1-12(2)9-15(20(27)29-11-16(23)21(3)10-17(24)28-4)22-18(25)13-7-5-6-8-14(13)19(22)26/h5-8,12,15H,9-11H2,1-4H3/t15-/m0/s1. The SMILES string of the molecule is COC(=O)CN(C)C(=O)COC(=O)[C@H](CC(C)C)N1C(=O)c2ccccc2C1=O. The molecule has 1 aliphatic rings. The minimum Gasteiger partial charge on any atom is -0.468 e. The molecule has 0 N–H and O–H groups in total. The Morgan fingerprint density at radius 2 is 1.62 bits per heavy atom. The number of ether oxygens (including phenoxy) is 2. The minimum atomic E-state index is -1.15. The van der Waals surface area contributed by atoms with Gasteiger partial charge < -0.3 is 14.4 Å². The van der Waals surface area contributed by atoms with Crippen molar-refractivity contribution in [2.24, 2.45) is 5.92 Å². The summed E-state index contributed by atoms with van der Waals surface area (Å²) in [7, 11) is 2.56. The third-order valence-corrected chi connectivity index (χ3v) is 4.46. The number of esters is 2. The molecule has 2 rings (SSSR count). The first-order valence-corrected chi connectivity index (χ1v) is 9.11. The number of hydrogen-bond acceptors (Lipinski definition) is 7. The first kappa shape index (κ1) is 22.1. The van der Waals surface area contributed by atoms with E-state index in [0.29, 0.717) is 0 Å². The predicted molar refractivity (Wildman–Crippen MR) is 101 cm³/mol. The van der Waals surface area contributed by atoms with E-state index < -0.39 is 42.3 Å². The molecule has 0 bridgehead atoms. The topological polar surface area (TPSA) is 110 Å². The molecule has 3 amide bonds. The number of carbonyl (C=O) groups excluding carboxylic acids is 5. The van der Waals surface area contributed by atoms with Crippen LogP contribution in [0.1, 0.15) is 41.0 Å². The lowest BCUT2D eigenvalue weighted by atomic mass is 10.0. The molecule has 0 aromatic heterocycles. The monoisotopic (exact) mass is 404 g/mol. The maximum absolute atomic E-state index is 12.7. The summed E-state index contributed by atoms with van der Waals surface area (Å²) in [5, 5.41) is 0. The zero-order valence-electron chi connectivity index (χ0n) is 16.8. The van der Waals surface area contributed by atoms with Gasteiger partial charge in [-0.15, -0.1) is 0 Å². The average molecular weight is 404 g/mol. The summed E-state index contributed by atoms with van der Waals surface area (Å²) in [6.45, 7) is 2.77. The van der Waals surface area contributed by atoms with Gasteiger partial charge in [-0.1, -0.05) is 26.0 Å². The second kappa shape index (κ2) is 9.31. The van der Waals surface area contributed by atoms with Gasteiger partial charge in [0.2, 0.25) is 0 Å². The molecule has 156 valence electrons. The van der Waals surface area contributed by atoms with Crippen LogP contribution in [0.5, 0.6) is 0 Å². The van der Waals surface area contributed by atoms with Crippen molar-refractivity contribution in [3.63, 3.8) is 0 Å². The summed E-state index contributed by atoms with van der Waals surface area (Å²) in [5.41, 5.74) is 0.459. The van der Waals surface area contributed by atoms with Crippen LogP contribution < -0.4 is 0 Å². The van der Waals surface area contributed by atoms with Crippen LogP contribution in [0.2, 0.25) is 0 Å². The number of methoxy groups -OCH3 is 1. The summed E-state index contributed by atoms with van der Waals surface area (Å²) in [6.07, 6.45) is 0.191. The van der Waals surface area contributed by atoms with E-state index in [0.717, 1.165) is 9.80 Å². The highest BCUT2D eigenvalue weighted by molar-refractivity contribution is 6.22. The van der Waals surface area contributed by atoms with E-state index >= 15 is 0 Å². The molecule has 0 aliphatic carbocycles. The van der Waals surface area contributed by atoms with Crippen LogP contribution in [0.3, 0.4) is 0 Å². The lowest BCUT2D eigenvalue weighted by Gasteiger charge is -2.26. The van der Waals surface area contributed by atoms with Crippen LogP contribution in [0.15, 0.2) is 24.3 Å². The fourth-order valence-corrected chi connectivity index (χ4v) is 2.93. The number of fused-ring (bicyclic) bond motifs is 1. The smallest absolute Gasteiger partial charge is 0.329 e. The van der Waals surface area contributed by atoms with Crippen LogP contribution in [0.4, 0.5) is 0 Å². The van der Waals surface area contributed by atoms with E-state index in [1.165, 1.54) is 26.3 Å². The number of hydrogen-bond donors (Lipinski definition) is 0. The molecule has 9 nitrogen and oxygen atoms in total. The Kier molecular flexibility index (Phi) is 7.08. The molecular formula is C20H24N2O7. The van der Waals surface area contributed by atoms with Gasteiger partial charge in [-0.05, 0) is 24.5 Å². The molecule has 0 spiro atoms. The molecule has 1 aromatic rings. The van der Waals surface area contributed by atoms with Gasteiger partial charge in [0, 0.05) is 7.05 Å². The predicted octanol–water partition coefficient (Wildman–Crippen LogP) is 0.872. The maximum Gasteiger partial charge on any atom is 0.329 e. The molecule has 1 aromatic carbocycles. The van der Waals surface area contributed by atoms with Crippen molar-refractivity contribution in [2.45, 2.75) is 26.3 Å². The minimum absolute atomic E-state index is 0.0189. The van der Waals surface area contributed by atoms with Crippen molar-refractivity contribution in [1.82, 2.24) is 9.80 Å². The Balaban J connectivity index is 2.12. The van der Waals surface area contributed by atoms with Gasteiger partial charge in [-0.25, -0.2) is 4.79 Å². The van der Waals surface area contributed by atoms with Crippen molar-refractivity contribution in [1.29, 1.82) is 0 Å². The fourth-order valence-electron chi connectivity index (χ4n) is 2.93. The number of amides is 3. The molecule has 9 heteroatoms. The van der Waals surface area contributed by atoms with E-state index in [1.807, 2.05) is 13.8 Å². The van der Waals surface area contributed by atoms with Gasteiger partial charge >= 0.3 is 11.9 Å². The van der Waals surface area contributed by atoms with E-state index in [9.17, 15) is 24.0 Å². The molecule has 0 fully saturated rings. The number of imide groups is 1. The van der Waals surface area contributed by atoms with E-state index in [2.05, 4.69) is 4.74 Å². The Labute approximate surface area is 168 Å². The number of rotatable bonds is 8. The molecule has 0 saturated heterocycles. The molecule has 1 aliphatic heterocycles. The summed E-state index contributed by atoms with van der Waals surface area (Å²) in [4.78, 5) is 63.4. The van der Waals surface area contributed by atoms with Gasteiger partial charge in [0.1, 0.15) is 12.6 Å². The van der Waals surface area contributed by atoms with Crippen molar-refractivity contribution in [3.8, 4) is 0 Å². The molecule has 1 atom stereocenters. The highest BCUT2D eigenvalue weighted by Gasteiger charge is 2.43. The lowest BCUT2D eigenvalue weighted by Crippen LogP contribution is -2.47. The van der Waals surface area contributed by atoms with E-state index in [-0.39, 0.29) is 30.0 Å². The number of likely N-dealkylation sites (N-methyl/N-ethyl adjacent to an activating group) is 1. The first-order chi connectivity index (χ1) is 13.7. The summed E-state index contributed by atoms with van der Waals surface area (Å²) >= 11 is 0. The summed E-state index contributed by atoms with van der Waals surface area (Å²) < 4.78 is 9.56. The van der Waals surface area contributed by atoms with Gasteiger partial charge in [0.15, 0.2) is 6.61 Å². The quantitative estimate of drug-likeness (QED) is 0.467. The molecular weight excluding hydrogens is 380 g/mol. The van der Waals surface area contributed by atoms with Gasteiger partial charge in [-0.2, -0.15) is 0 Å². The number of nitrogens with zero attached hydrogens (tertiary/aromatic N) is 2. The highest BCUT2D eigenvalue weighted by atomic mass is 16.5. The molecule has 1 heterocycles. The summed E-state index contributed by atoms with van der Waals surface area (Å²) in [6, 6.07) is 5.18. The van der Waals surface area contributed by atoms with Crippen LogP contribution in [0, 0.1) is 5.92 Å². The third-order valence-electron chi connectivity index (χ3n) is 4.46. The van der Waals surface area contributed by atoms with Crippen LogP contribution >= 0.6 is 0 Å². The van der Waals surface area contributed by atoms with Crippen molar-refractivity contribution >= 4 is 29.7 Å². The lowest BCUT2D eigenvalue weighted by molar-refractivity contribution is -0.156. The number of carbonyl (C=O) groups is 5. The van der Waals surface area contributed by atoms with Gasteiger partial charge in [-0.3, -0.25) is 24.1 Å². The van der Waals surface area contributed by atoms with E-state index in [4.69, 9.17) is 4.74 Å². The fraction of sp³-hybridized carbons (Fsp3) is 0.450. The second-order valence-corrected chi connectivity index (χ2v) is 7.10. The molecule has 29 heavy (non-hydrogen) atoms. The average Bonchev–Trinajstić information content (AvgIpc) is 2.94. The Bertz CT molecular complexity index is 799. The number of benzene rings is 1. The van der Waals surface area contributed by atoms with Crippen molar-refractivity contribution in [2.75, 3.05) is 27.3 Å². The highest BCUT2D eigenvalue weighted by Crippen LogP contribution is 2.27. The van der Waals surface area contributed by atoms with Crippen molar-refractivity contribution < 1.29 is 33.4 Å². The van der Waals surface area contributed by atoms with Crippen LogP contribution in [-0.2, 0) is 23.9 Å². The molecule has 0 radical (unpaired) electrons. The zero-order valence-corrected chi connectivity index (χ0v) is 16.8. The van der Waals surface area contributed by atoms with E-state index in [1.54, 1.807) is 12.1 Å². The van der Waals surface area contributed by atoms with Crippen LogP contribution in [0.25, 0.3) is 0 Å². The normalized spacial score (nSPS) is 13.9. The maximum atomic E-state index is 12.7. The zero-order chi connectivity index (χ0) is 21.7. The van der Waals surface area contributed by atoms with Gasteiger partial charge in [0.25, 0.3) is 17.7 Å². The third kappa shape index (κ3) is 4.98. The first-order valence-electron chi connectivity index (χ1n) is 9.11.